The fraction of sp³-hybridized carbons (Fsp3) is 1.00. The molecule has 1 unspecified atom stereocenters. The zero-order valence-corrected chi connectivity index (χ0v) is 8.25. The van der Waals surface area contributed by atoms with Crippen molar-refractivity contribution in [1.82, 2.24) is 5.32 Å². The van der Waals surface area contributed by atoms with Crippen molar-refractivity contribution in [2.24, 2.45) is 5.73 Å². The summed E-state index contributed by atoms with van der Waals surface area (Å²) in [6, 6.07) is 0.863. The molecule has 0 aromatic heterocycles. The third kappa shape index (κ3) is 4.07. The van der Waals surface area contributed by atoms with E-state index in [1.54, 1.807) is 0 Å². The Labute approximate surface area is 85.2 Å². The van der Waals surface area contributed by atoms with Crippen molar-refractivity contribution in [2.75, 3.05) is 13.6 Å². The average Bonchev–Trinajstić information content (AvgIpc) is 2.18. The van der Waals surface area contributed by atoms with Gasteiger partial charge < -0.3 is 15.8 Å². The summed E-state index contributed by atoms with van der Waals surface area (Å²) >= 11 is 0. The van der Waals surface area contributed by atoms with Gasteiger partial charge in [0.2, 0.25) is 0 Å². The van der Waals surface area contributed by atoms with Crippen LogP contribution in [0.3, 0.4) is 0 Å². The van der Waals surface area contributed by atoms with E-state index in [-0.39, 0.29) is 12.6 Å². The van der Waals surface area contributed by atoms with Crippen LogP contribution in [0.4, 0.5) is 0 Å². The molecule has 0 aromatic carbocycles. The fourth-order valence-corrected chi connectivity index (χ4v) is 1.86. The summed E-state index contributed by atoms with van der Waals surface area (Å²) in [6.07, 6.45) is 4.23. The van der Waals surface area contributed by atoms with Crippen LogP contribution in [0.15, 0.2) is 0 Å². The minimum atomic E-state index is -2.29. The molecule has 1 saturated carbocycles. The van der Waals surface area contributed by atoms with Crippen LogP contribution < -0.4 is 11.1 Å². The molecule has 1 aliphatic rings. The average molecular weight is 189 g/mol. The van der Waals surface area contributed by atoms with Crippen LogP contribution >= 0.6 is 0 Å². The Morgan fingerprint density at radius 2 is 2.23 bits per heavy atom. The summed E-state index contributed by atoms with van der Waals surface area (Å²) in [5, 5.41) is 3.38. The molecule has 0 heterocycles. The number of ether oxygens (including phenoxy) is 1. The maximum Gasteiger partial charge on any atom is 0.0613 e. The predicted octanol–water partition coefficient (Wildman–Crippen LogP) is 0.881. The topological polar surface area (TPSA) is 47.3 Å². The van der Waals surface area contributed by atoms with Crippen molar-refractivity contribution in [3.63, 3.8) is 0 Å². The Morgan fingerprint density at radius 3 is 2.85 bits per heavy atom. The van der Waals surface area contributed by atoms with E-state index in [0.29, 0.717) is 12.1 Å². The summed E-state index contributed by atoms with van der Waals surface area (Å²) in [4.78, 5) is 0. The Morgan fingerprint density at radius 1 is 1.54 bits per heavy atom. The van der Waals surface area contributed by atoms with Crippen molar-refractivity contribution < 1.29 is 8.85 Å². The molecule has 0 bridgehead atoms. The van der Waals surface area contributed by atoms with Crippen LogP contribution in [0.2, 0.25) is 0 Å². The molecule has 3 heteroatoms. The molecular weight excluding hydrogens is 164 g/mol. The van der Waals surface area contributed by atoms with E-state index >= 15 is 0 Å². The molecule has 0 saturated heterocycles. The first-order chi connectivity index (χ1) is 7.37. The molecule has 0 radical (unpaired) electrons. The number of hydrogen-bond acceptors (Lipinski definition) is 3. The number of nitrogens with one attached hydrogen (secondary N) is 1. The second kappa shape index (κ2) is 5.58. The third-order valence-corrected chi connectivity index (χ3v) is 2.63. The molecule has 0 aromatic rings. The number of rotatable bonds is 4. The highest BCUT2D eigenvalue weighted by molar-refractivity contribution is 4.80. The third-order valence-electron chi connectivity index (χ3n) is 2.63. The molecule has 78 valence electrons. The molecule has 1 fully saturated rings. The van der Waals surface area contributed by atoms with E-state index in [1.807, 2.05) is 6.92 Å². The Bertz CT molecular complexity index is 203. The Kier molecular flexibility index (Phi) is 3.09. The van der Waals surface area contributed by atoms with Gasteiger partial charge in [-0.2, -0.15) is 0 Å². The number of nitrogens with two attached hydrogens (primary N) is 1. The highest BCUT2D eigenvalue weighted by Gasteiger charge is 2.19. The molecule has 0 amide bonds. The van der Waals surface area contributed by atoms with E-state index in [4.69, 9.17) is 14.6 Å². The summed E-state index contributed by atoms with van der Waals surface area (Å²) in [6.45, 7) is 2.17. The van der Waals surface area contributed by atoms with Gasteiger partial charge in [-0.3, -0.25) is 0 Å². The zero-order chi connectivity index (χ0) is 12.2. The molecular formula is C10H22N2O. The molecule has 1 aliphatic carbocycles. The van der Waals surface area contributed by atoms with Gasteiger partial charge >= 0.3 is 0 Å². The van der Waals surface area contributed by atoms with Gasteiger partial charge in [0.15, 0.2) is 0 Å². The fourth-order valence-electron chi connectivity index (χ4n) is 1.86. The van der Waals surface area contributed by atoms with Crippen molar-refractivity contribution in [3.8, 4) is 0 Å². The second-order valence-corrected chi connectivity index (χ2v) is 3.99. The lowest BCUT2D eigenvalue weighted by molar-refractivity contribution is 0.161. The minimum absolute atomic E-state index is 0.0692. The van der Waals surface area contributed by atoms with E-state index in [0.717, 1.165) is 25.7 Å². The first kappa shape index (κ1) is 7.21. The van der Waals surface area contributed by atoms with Crippen LogP contribution in [0.1, 0.15) is 36.7 Å². The smallest absolute Gasteiger partial charge is 0.0613 e. The number of methoxy groups -OCH3 is 1. The minimum Gasteiger partial charge on any atom is -0.383 e. The monoisotopic (exact) mass is 189 g/mol. The standard InChI is InChI=1S/C10H22N2O/c1-8(7-13-2)12-10-5-3-9(11)4-6-10/h8-10,12H,3-7,11H2,1-2H3/i2D3. The zero-order valence-electron chi connectivity index (χ0n) is 11.3. The van der Waals surface area contributed by atoms with Crippen LogP contribution in [0, 0.1) is 0 Å². The normalized spacial score (nSPS) is 36.0. The van der Waals surface area contributed by atoms with Gasteiger partial charge in [-0.15, -0.1) is 0 Å². The highest BCUT2D eigenvalue weighted by atomic mass is 16.5. The first-order valence-corrected chi connectivity index (χ1v) is 5.02. The van der Waals surface area contributed by atoms with Crippen LogP contribution in [-0.4, -0.2) is 31.8 Å². The second-order valence-electron chi connectivity index (χ2n) is 3.99. The maximum absolute atomic E-state index is 6.94. The van der Waals surface area contributed by atoms with E-state index in [1.165, 1.54) is 0 Å². The van der Waals surface area contributed by atoms with E-state index < -0.39 is 7.04 Å². The quantitative estimate of drug-likeness (QED) is 0.690. The van der Waals surface area contributed by atoms with Gasteiger partial charge in [0.05, 0.1) is 10.7 Å². The van der Waals surface area contributed by atoms with Gasteiger partial charge in [0, 0.05) is 25.2 Å². The molecule has 13 heavy (non-hydrogen) atoms. The predicted molar refractivity (Wildman–Crippen MR) is 54.7 cm³/mol. The van der Waals surface area contributed by atoms with Gasteiger partial charge in [0.1, 0.15) is 0 Å². The van der Waals surface area contributed by atoms with E-state index in [2.05, 4.69) is 5.32 Å². The Balaban J connectivity index is 2.16. The van der Waals surface area contributed by atoms with Crippen molar-refractivity contribution in [2.45, 2.75) is 50.7 Å². The summed E-state index contributed by atoms with van der Waals surface area (Å²) in [7, 11) is -2.29. The molecule has 0 aliphatic heterocycles. The summed E-state index contributed by atoms with van der Waals surface area (Å²) in [5.41, 5.74) is 5.82. The Hall–Kier alpha value is -0.120. The van der Waals surface area contributed by atoms with Crippen molar-refractivity contribution in [3.05, 3.63) is 0 Å². The molecule has 3 N–H and O–H groups in total. The molecule has 3 nitrogen and oxygen atoms in total. The van der Waals surface area contributed by atoms with Crippen LogP contribution in [0.25, 0.3) is 0 Å². The lowest BCUT2D eigenvalue weighted by atomic mass is 9.91. The van der Waals surface area contributed by atoms with Crippen molar-refractivity contribution in [1.29, 1.82) is 0 Å². The highest BCUT2D eigenvalue weighted by Crippen LogP contribution is 2.17. The van der Waals surface area contributed by atoms with Crippen molar-refractivity contribution >= 4 is 0 Å². The molecule has 1 rings (SSSR count). The van der Waals surface area contributed by atoms with E-state index in [9.17, 15) is 0 Å². The van der Waals surface area contributed by atoms with Gasteiger partial charge in [0.25, 0.3) is 0 Å². The van der Waals surface area contributed by atoms with Crippen LogP contribution in [0.5, 0.6) is 0 Å². The molecule has 1 atom stereocenters. The van der Waals surface area contributed by atoms with Gasteiger partial charge in [-0.1, -0.05) is 0 Å². The van der Waals surface area contributed by atoms with Gasteiger partial charge in [-0.25, -0.2) is 0 Å². The summed E-state index contributed by atoms with van der Waals surface area (Å²) < 4.78 is 25.6. The largest absolute Gasteiger partial charge is 0.383 e. The lowest BCUT2D eigenvalue weighted by Gasteiger charge is -2.29. The summed E-state index contributed by atoms with van der Waals surface area (Å²) in [5.74, 6) is 0. The van der Waals surface area contributed by atoms with Crippen LogP contribution in [-0.2, 0) is 4.74 Å². The number of hydrogen-bond donors (Lipinski definition) is 2. The lowest BCUT2D eigenvalue weighted by Crippen LogP contribution is -2.43. The first-order valence-electron chi connectivity index (χ1n) is 6.52. The van der Waals surface area contributed by atoms with Gasteiger partial charge in [-0.05, 0) is 32.6 Å². The SMILES string of the molecule is [2H]C([2H])([2H])OCC(C)NC1CCC(N)CC1. The maximum atomic E-state index is 6.94. The molecule has 0 spiro atoms.